The molecule has 10 heteroatoms. The summed E-state index contributed by atoms with van der Waals surface area (Å²) in [6.45, 7) is 2.38. The summed E-state index contributed by atoms with van der Waals surface area (Å²) in [6.07, 6.45) is 3.27. The normalized spacial score (nSPS) is 10.5. The molecule has 0 aliphatic rings. The summed E-state index contributed by atoms with van der Waals surface area (Å²) in [5, 5.41) is 8.88. The van der Waals surface area contributed by atoms with E-state index in [0.29, 0.717) is 35.0 Å². The number of anilines is 2. The lowest BCUT2D eigenvalue weighted by Crippen LogP contribution is -2.32. The molecule has 0 fully saturated rings. The number of carbonyl (C=O) groups excluding carboxylic acids is 3. The number of benzene rings is 3. The fraction of sp³-hybridized carbons (Fsp3) is 0.185. The van der Waals surface area contributed by atoms with Crippen molar-refractivity contribution in [3.05, 3.63) is 84.2 Å². The highest BCUT2D eigenvalue weighted by Gasteiger charge is 2.13. The summed E-state index contributed by atoms with van der Waals surface area (Å²) in [7, 11) is 0. The Morgan fingerprint density at radius 2 is 1.54 bits per heavy atom. The van der Waals surface area contributed by atoms with Gasteiger partial charge in [-0.15, -0.1) is 0 Å². The number of unbranched alkanes of at least 4 members (excludes halogenated alkanes) is 1. The molecule has 37 heavy (non-hydrogen) atoms. The number of nitrogens with one attached hydrogen (secondary N) is 3. The van der Waals surface area contributed by atoms with Crippen molar-refractivity contribution in [2.45, 2.75) is 19.8 Å². The molecule has 0 radical (unpaired) electrons. The molecule has 0 unspecified atom stereocenters. The second-order valence-corrected chi connectivity index (χ2v) is 7.76. The number of hydrazone groups is 1. The molecule has 3 N–H and O–H groups in total. The molecule has 3 aromatic carbocycles. The standard InChI is InChI=1S/C27H27FN4O5/c1-2-3-16-36-23-14-12-22(13-15-23)31-26(34)27(35)32-29-17-19-6-4-5-7-24(19)37-18-25(33)30-21-10-8-20(28)9-11-21/h4-15,17H,2-3,16,18H2,1H3,(H,30,33)(H,31,34)(H,32,35)/b29-17-. The van der Waals surface area contributed by atoms with Gasteiger partial charge in [0.25, 0.3) is 5.91 Å². The van der Waals surface area contributed by atoms with E-state index in [1.165, 1.54) is 30.5 Å². The van der Waals surface area contributed by atoms with Crippen molar-refractivity contribution >= 4 is 35.3 Å². The number of hydrogen-bond donors (Lipinski definition) is 3. The second kappa shape index (κ2) is 14.0. The predicted octanol–water partition coefficient (Wildman–Crippen LogP) is 4.11. The molecule has 0 bridgehead atoms. The minimum atomic E-state index is -0.961. The van der Waals surface area contributed by atoms with E-state index in [0.717, 1.165) is 12.8 Å². The fourth-order valence-corrected chi connectivity index (χ4v) is 2.96. The molecule has 0 spiro atoms. The summed E-state index contributed by atoms with van der Waals surface area (Å²) in [5.74, 6) is -1.69. The van der Waals surface area contributed by atoms with E-state index in [-0.39, 0.29) is 6.61 Å². The Morgan fingerprint density at radius 1 is 0.865 bits per heavy atom. The van der Waals surface area contributed by atoms with Gasteiger partial charge in [-0.25, -0.2) is 9.82 Å². The van der Waals surface area contributed by atoms with Gasteiger partial charge in [0.15, 0.2) is 6.61 Å². The van der Waals surface area contributed by atoms with Crippen molar-refractivity contribution in [2.75, 3.05) is 23.8 Å². The van der Waals surface area contributed by atoms with E-state index in [1.807, 2.05) is 0 Å². The number of nitrogens with zero attached hydrogens (tertiary/aromatic N) is 1. The highest BCUT2D eigenvalue weighted by atomic mass is 19.1. The summed E-state index contributed by atoms with van der Waals surface area (Å²) in [5.41, 5.74) is 3.49. The van der Waals surface area contributed by atoms with Gasteiger partial charge in [0.1, 0.15) is 17.3 Å². The largest absolute Gasteiger partial charge is 0.494 e. The molecular formula is C27H27FN4O5. The van der Waals surface area contributed by atoms with Gasteiger partial charge in [0.05, 0.1) is 12.8 Å². The molecular weight excluding hydrogens is 479 g/mol. The number of rotatable bonds is 11. The van der Waals surface area contributed by atoms with Gasteiger partial charge < -0.3 is 20.1 Å². The predicted molar refractivity (Wildman–Crippen MR) is 138 cm³/mol. The lowest BCUT2D eigenvalue weighted by Gasteiger charge is -2.09. The van der Waals surface area contributed by atoms with E-state index in [9.17, 15) is 18.8 Å². The van der Waals surface area contributed by atoms with Crippen LogP contribution in [0.15, 0.2) is 77.9 Å². The zero-order valence-electron chi connectivity index (χ0n) is 20.2. The van der Waals surface area contributed by atoms with E-state index in [2.05, 4.69) is 28.1 Å². The maximum atomic E-state index is 13.0. The average Bonchev–Trinajstić information content (AvgIpc) is 2.90. The minimum Gasteiger partial charge on any atom is -0.494 e. The molecule has 0 saturated carbocycles. The van der Waals surface area contributed by atoms with Gasteiger partial charge in [-0.1, -0.05) is 25.5 Å². The van der Waals surface area contributed by atoms with Crippen molar-refractivity contribution in [3.63, 3.8) is 0 Å². The number of amides is 3. The first kappa shape index (κ1) is 26.9. The Morgan fingerprint density at radius 3 is 2.27 bits per heavy atom. The van der Waals surface area contributed by atoms with Gasteiger partial charge in [-0.3, -0.25) is 14.4 Å². The fourth-order valence-electron chi connectivity index (χ4n) is 2.96. The van der Waals surface area contributed by atoms with Crippen LogP contribution in [0.2, 0.25) is 0 Å². The minimum absolute atomic E-state index is 0.306. The quantitative estimate of drug-likeness (QED) is 0.157. The van der Waals surface area contributed by atoms with Crippen LogP contribution in [0.1, 0.15) is 25.3 Å². The maximum absolute atomic E-state index is 13.0. The van der Waals surface area contributed by atoms with Gasteiger partial charge in [-0.05, 0) is 67.1 Å². The molecule has 3 aromatic rings. The molecule has 192 valence electrons. The molecule has 3 rings (SSSR count). The Labute approximate surface area is 213 Å². The summed E-state index contributed by atoms with van der Waals surface area (Å²) >= 11 is 0. The Balaban J connectivity index is 1.47. The molecule has 0 atom stereocenters. The number of ether oxygens (including phenoxy) is 2. The van der Waals surface area contributed by atoms with Crippen LogP contribution in [0.25, 0.3) is 0 Å². The second-order valence-electron chi connectivity index (χ2n) is 7.76. The van der Waals surface area contributed by atoms with E-state index >= 15 is 0 Å². The lowest BCUT2D eigenvalue weighted by molar-refractivity contribution is -0.136. The van der Waals surface area contributed by atoms with E-state index in [1.54, 1.807) is 48.5 Å². The topological polar surface area (TPSA) is 118 Å². The molecule has 0 aliphatic carbocycles. The van der Waals surface area contributed by atoms with Gasteiger partial charge in [0.2, 0.25) is 0 Å². The first-order valence-corrected chi connectivity index (χ1v) is 11.6. The van der Waals surface area contributed by atoms with Crippen molar-refractivity contribution < 1.29 is 28.2 Å². The van der Waals surface area contributed by atoms with Gasteiger partial charge in [-0.2, -0.15) is 5.10 Å². The summed E-state index contributed by atoms with van der Waals surface area (Å²) in [6, 6.07) is 18.7. The smallest absolute Gasteiger partial charge is 0.329 e. The number of carbonyl (C=O) groups is 3. The Kier molecular flexibility index (Phi) is 10.2. The average molecular weight is 507 g/mol. The van der Waals surface area contributed by atoms with Crippen LogP contribution in [-0.4, -0.2) is 37.1 Å². The summed E-state index contributed by atoms with van der Waals surface area (Å²) in [4.78, 5) is 36.4. The highest BCUT2D eigenvalue weighted by molar-refractivity contribution is 6.39. The zero-order chi connectivity index (χ0) is 26.5. The number of halogens is 1. The third-order valence-corrected chi connectivity index (χ3v) is 4.86. The van der Waals surface area contributed by atoms with Gasteiger partial charge in [0, 0.05) is 16.9 Å². The van der Waals surface area contributed by atoms with Crippen molar-refractivity contribution in [1.82, 2.24) is 5.43 Å². The van der Waals surface area contributed by atoms with Crippen LogP contribution >= 0.6 is 0 Å². The van der Waals surface area contributed by atoms with Gasteiger partial charge >= 0.3 is 11.8 Å². The van der Waals surface area contributed by atoms with Crippen LogP contribution < -0.4 is 25.5 Å². The molecule has 0 heterocycles. The van der Waals surface area contributed by atoms with Crippen LogP contribution in [0.3, 0.4) is 0 Å². The van der Waals surface area contributed by atoms with Crippen LogP contribution in [0.4, 0.5) is 15.8 Å². The van der Waals surface area contributed by atoms with Crippen molar-refractivity contribution in [3.8, 4) is 11.5 Å². The van der Waals surface area contributed by atoms with Crippen LogP contribution in [0, 0.1) is 5.82 Å². The van der Waals surface area contributed by atoms with E-state index < -0.39 is 23.5 Å². The third-order valence-electron chi connectivity index (χ3n) is 4.86. The SMILES string of the molecule is CCCCOc1ccc(NC(=O)C(=O)N/N=C\c2ccccc2OCC(=O)Nc2ccc(F)cc2)cc1. The monoisotopic (exact) mass is 506 g/mol. The van der Waals surface area contributed by atoms with Crippen LogP contribution in [-0.2, 0) is 14.4 Å². The number of para-hydroxylation sites is 1. The van der Waals surface area contributed by atoms with E-state index in [4.69, 9.17) is 9.47 Å². The molecule has 3 amide bonds. The molecule has 0 saturated heterocycles. The zero-order valence-corrected chi connectivity index (χ0v) is 20.2. The summed E-state index contributed by atoms with van der Waals surface area (Å²) < 4.78 is 24.1. The Hall–Kier alpha value is -4.73. The van der Waals surface area contributed by atoms with Crippen molar-refractivity contribution in [1.29, 1.82) is 0 Å². The lowest BCUT2D eigenvalue weighted by atomic mass is 10.2. The maximum Gasteiger partial charge on any atom is 0.329 e. The molecule has 0 aliphatic heterocycles. The molecule has 0 aromatic heterocycles. The van der Waals surface area contributed by atoms with Crippen LogP contribution in [0.5, 0.6) is 11.5 Å². The first-order chi connectivity index (χ1) is 17.9. The Bertz CT molecular complexity index is 1230. The highest BCUT2D eigenvalue weighted by Crippen LogP contribution is 2.17. The molecule has 9 nitrogen and oxygen atoms in total. The first-order valence-electron chi connectivity index (χ1n) is 11.6. The third kappa shape index (κ3) is 9.10. The van der Waals surface area contributed by atoms with Crippen molar-refractivity contribution in [2.24, 2.45) is 5.10 Å². The number of hydrogen-bond acceptors (Lipinski definition) is 6.